The van der Waals surface area contributed by atoms with Gasteiger partial charge in [-0.1, -0.05) is 23.8 Å². The molecule has 0 bridgehead atoms. The average Bonchev–Trinajstić information content (AvgIpc) is 3.15. The number of hydrogen-bond donors (Lipinski definition) is 0. The van der Waals surface area contributed by atoms with Crippen LogP contribution in [0.1, 0.15) is 36.6 Å². The number of nitrogens with zero attached hydrogens (tertiary/aromatic N) is 6. The van der Waals surface area contributed by atoms with Crippen molar-refractivity contribution in [2.45, 2.75) is 40.3 Å². The topological polar surface area (TPSA) is 86.7 Å². The quantitative estimate of drug-likeness (QED) is 0.625. The zero-order valence-electron chi connectivity index (χ0n) is 18.8. The highest BCUT2D eigenvalue weighted by molar-refractivity contribution is 5.91. The lowest BCUT2D eigenvalue weighted by Gasteiger charge is -2.29. The summed E-state index contributed by atoms with van der Waals surface area (Å²) in [5.74, 6) is 0.543. The monoisotopic (exact) mass is 424 g/mol. The standard InChI is InChI=1S/C22H28N6O3/c1-13-7-8-14(2)17(11-13)12-26-20(29)18-19(25(5)22(26)30)23-21-27(9-10-31-6)24-15(3)16(4)28(18)21/h7-8,11,16H,9-10,12H2,1-6H3/t16-/m0/s1. The van der Waals surface area contributed by atoms with E-state index in [1.807, 2.05) is 50.5 Å². The van der Waals surface area contributed by atoms with Crippen LogP contribution in [-0.4, -0.2) is 44.7 Å². The number of imidazole rings is 1. The van der Waals surface area contributed by atoms with Crippen molar-refractivity contribution in [1.29, 1.82) is 0 Å². The lowest BCUT2D eigenvalue weighted by Crippen LogP contribution is -2.40. The third-order valence-electron chi connectivity index (χ3n) is 6.00. The van der Waals surface area contributed by atoms with Gasteiger partial charge in [-0.3, -0.25) is 18.5 Å². The Kier molecular flexibility index (Phi) is 5.30. The number of methoxy groups -OCH3 is 1. The SMILES string of the molecule is COCCN1N=C(C)[C@H](C)n2c1nc1c2c(=O)n(Cc2cc(C)ccc2C)c(=O)n1C. The van der Waals surface area contributed by atoms with Crippen LogP contribution in [0.5, 0.6) is 0 Å². The van der Waals surface area contributed by atoms with E-state index in [1.165, 1.54) is 9.13 Å². The molecule has 0 fully saturated rings. The van der Waals surface area contributed by atoms with Crippen molar-refractivity contribution in [3.05, 3.63) is 55.7 Å². The van der Waals surface area contributed by atoms with E-state index in [0.717, 1.165) is 22.4 Å². The van der Waals surface area contributed by atoms with E-state index >= 15 is 0 Å². The Labute approximate surface area is 180 Å². The highest BCUT2D eigenvalue weighted by atomic mass is 16.5. The summed E-state index contributed by atoms with van der Waals surface area (Å²) in [6, 6.07) is 5.89. The Hall–Kier alpha value is -3.20. The molecule has 0 radical (unpaired) electrons. The van der Waals surface area contributed by atoms with Crippen LogP contribution in [-0.2, 0) is 18.3 Å². The third-order valence-corrected chi connectivity index (χ3v) is 6.00. The lowest BCUT2D eigenvalue weighted by molar-refractivity contribution is 0.204. The Bertz CT molecular complexity index is 1310. The average molecular weight is 425 g/mol. The van der Waals surface area contributed by atoms with Crippen molar-refractivity contribution in [3.8, 4) is 0 Å². The van der Waals surface area contributed by atoms with Crippen LogP contribution in [0, 0.1) is 13.8 Å². The first kappa shape index (κ1) is 21.0. The number of hydrogen-bond acceptors (Lipinski definition) is 6. The van der Waals surface area contributed by atoms with Crippen molar-refractivity contribution in [2.75, 3.05) is 25.3 Å². The molecule has 3 aromatic rings. The number of aryl methyl sites for hydroxylation is 3. The van der Waals surface area contributed by atoms with Crippen LogP contribution < -0.4 is 16.3 Å². The van der Waals surface area contributed by atoms with Crippen molar-refractivity contribution in [3.63, 3.8) is 0 Å². The smallest absolute Gasteiger partial charge is 0.332 e. The van der Waals surface area contributed by atoms with Crippen molar-refractivity contribution >= 4 is 22.8 Å². The summed E-state index contributed by atoms with van der Waals surface area (Å²) in [5, 5.41) is 6.35. The maximum absolute atomic E-state index is 13.6. The predicted octanol–water partition coefficient (Wildman–Crippen LogP) is 1.97. The molecule has 164 valence electrons. The van der Waals surface area contributed by atoms with Crippen LogP contribution in [0.2, 0.25) is 0 Å². The molecule has 0 aliphatic carbocycles. The van der Waals surface area contributed by atoms with E-state index in [4.69, 9.17) is 4.74 Å². The van der Waals surface area contributed by atoms with Gasteiger partial charge in [-0.25, -0.2) is 9.80 Å². The Balaban J connectivity index is 1.96. The molecule has 0 amide bonds. The molecule has 0 N–H and O–H groups in total. The molecular weight excluding hydrogens is 396 g/mol. The van der Waals surface area contributed by atoms with E-state index in [9.17, 15) is 9.59 Å². The minimum absolute atomic E-state index is 0.154. The van der Waals surface area contributed by atoms with Gasteiger partial charge in [-0.05, 0) is 38.8 Å². The van der Waals surface area contributed by atoms with Gasteiger partial charge in [0.05, 0.1) is 31.4 Å². The van der Waals surface area contributed by atoms with Crippen LogP contribution in [0.25, 0.3) is 11.2 Å². The van der Waals surface area contributed by atoms with Crippen LogP contribution in [0.4, 0.5) is 5.95 Å². The molecule has 0 spiro atoms. The fraction of sp³-hybridized carbons (Fsp3) is 0.455. The second kappa shape index (κ2) is 7.81. The fourth-order valence-corrected chi connectivity index (χ4v) is 3.99. The summed E-state index contributed by atoms with van der Waals surface area (Å²) in [5.41, 5.74) is 3.97. The maximum atomic E-state index is 13.6. The number of anilines is 1. The van der Waals surface area contributed by atoms with E-state index in [1.54, 1.807) is 19.2 Å². The summed E-state index contributed by atoms with van der Waals surface area (Å²) in [6.07, 6.45) is 0. The summed E-state index contributed by atoms with van der Waals surface area (Å²) >= 11 is 0. The molecule has 1 aliphatic heterocycles. The number of aromatic nitrogens is 4. The maximum Gasteiger partial charge on any atom is 0.332 e. The Morgan fingerprint density at radius 2 is 1.90 bits per heavy atom. The highest BCUT2D eigenvalue weighted by Gasteiger charge is 2.30. The summed E-state index contributed by atoms with van der Waals surface area (Å²) < 4.78 is 9.83. The van der Waals surface area contributed by atoms with Gasteiger partial charge in [0.1, 0.15) is 0 Å². The molecule has 1 aliphatic rings. The van der Waals surface area contributed by atoms with Gasteiger partial charge in [0, 0.05) is 14.2 Å². The van der Waals surface area contributed by atoms with Gasteiger partial charge in [-0.2, -0.15) is 10.1 Å². The second-order valence-corrected chi connectivity index (χ2v) is 8.15. The van der Waals surface area contributed by atoms with Crippen molar-refractivity contribution in [1.82, 2.24) is 18.7 Å². The minimum atomic E-state index is -0.386. The largest absolute Gasteiger partial charge is 0.383 e. The normalized spacial score (nSPS) is 16.0. The molecule has 0 saturated carbocycles. The van der Waals surface area contributed by atoms with E-state index < -0.39 is 0 Å². The second-order valence-electron chi connectivity index (χ2n) is 8.15. The summed E-state index contributed by atoms with van der Waals surface area (Å²) in [4.78, 5) is 31.4. The number of fused-ring (bicyclic) bond motifs is 3. The molecule has 9 nitrogen and oxygen atoms in total. The zero-order valence-corrected chi connectivity index (χ0v) is 18.8. The molecule has 0 saturated heterocycles. The van der Waals surface area contributed by atoms with E-state index in [-0.39, 0.29) is 23.8 Å². The van der Waals surface area contributed by atoms with E-state index in [2.05, 4.69) is 10.1 Å². The Morgan fingerprint density at radius 3 is 2.61 bits per heavy atom. The Morgan fingerprint density at radius 1 is 1.16 bits per heavy atom. The lowest BCUT2D eigenvalue weighted by atomic mass is 10.1. The van der Waals surface area contributed by atoms with Crippen molar-refractivity contribution < 1.29 is 4.74 Å². The molecule has 4 rings (SSSR count). The molecule has 31 heavy (non-hydrogen) atoms. The summed E-state index contributed by atoms with van der Waals surface area (Å²) in [6.45, 7) is 9.06. The van der Waals surface area contributed by atoms with Crippen LogP contribution in [0.3, 0.4) is 0 Å². The number of benzene rings is 1. The first-order valence-corrected chi connectivity index (χ1v) is 10.3. The van der Waals surface area contributed by atoms with Gasteiger partial charge in [0.25, 0.3) is 5.56 Å². The first-order valence-electron chi connectivity index (χ1n) is 10.3. The van der Waals surface area contributed by atoms with Gasteiger partial charge >= 0.3 is 5.69 Å². The van der Waals surface area contributed by atoms with Gasteiger partial charge in [0.15, 0.2) is 11.2 Å². The molecule has 1 atom stereocenters. The first-order chi connectivity index (χ1) is 14.7. The summed E-state index contributed by atoms with van der Waals surface area (Å²) in [7, 11) is 3.28. The molecule has 0 unspecified atom stereocenters. The predicted molar refractivity (Wildman–Crippen MR) is 121 cm³/mol. The zero-order chi connectivity index (χ0) is 22.4. The van der Waals surface area contributed by atoms with Gasteiger partial charge in [0.2, 0.25) is 5.95 Å². The molecule has 3 heterocycles. The molecule has 2 aromatic heterocycles. The highest BCUT2D eigenvalue weighted by Crippen LogP contribution is 2.29. The molecule has 1 aromatic carbocycles. The number of ether oxygens (including phenoxy) is 1. The molecule has 9 heteroatoms. The third kappa shape index (κ3) is 3.38. The number of hydrazone groups is 1. The van der Waals surface area contributed by atoms with Gasteiger partial charge in [-0.15, -0.1) is 0 Å². The number of rotatable bonds is 5. The van der Waals surface area contributed by atoms with Gasteiger partial charge < -0.3 is 4.74 Å². The fourth-order valence-electron chi connectivity index (χ4n) is 3.99. The van der Waals surface area contributed by atoms with Crippen molar-refractivity contribution in [2.24, 2.45) is 12.1 Å². The van der Waals surface area contributed by atoms with Crippen LogP contribution >= 0.6 is 0 Å². The van der Waals surface area contributed by atoms with Crippen LogP contribution in [0.15, 0.2) is 32.9 Å². The van der Waals surface area contributed by atoms with E-state index in [0.29, 0.717) is 30.3 Å². The molecular formula is C22H28N6O3. The minimum Gasteiger partial charge on any atom is -0.383 e.